The second kappa shape index (κ2) is 6.05. The van der Waals surface area contributed by atoms with E-state index in [4.69, 9.17) is 5.73 Å². The van der Waals surface area contributed by atoms with Crippen molar-refractivity contribution in [1.29, 1.82) is 0 Å². The average molecular weight is 275 g/mol. The van der Waals surface area contributed by atoms with Crippen molar-refractivity contribution in [2.24, 2.45) is 17.6 Å². The molecule has 1 aromatic rings. The van der Waals surface area contributed by atoms with E-state index in [1.807, 2.05) is 6.07 Å². The molecule has 0 bridgehead atoms. The lowest BCUT2D eigenvalue weighted by atomic mass is 10.0. The standard InChI is InChI=1S/C15H21N3O2/c1-9(10(2)16)14(19)17-12-4-3-5-13(8-12)18-15(20)11-6-7-11/h3-5,8-11H,6-7,16H2,1-2H3,(H,17,19)(H,18,20). The average Bonchev–Trinajstić information content (AvgIpc) is 3.22. The zero-order chi connectivity index (χ0) is 14.7. The zero-order valence-corrected chi connectivity index (χ0v) is 11.8. The highest BCUT2D eigenvalue weighted by atomic mass is 16.2. The number of nitrogens with one attached hydrogen (secondary N) is 2. The van der Waals surface area contributed by atoms with E-state index in [-0.39, 0.29) is 29.7 Å². The molecule has 0 spiro atoms. The second-order valence-electron chi connectivity index (χ2n) is 5.48. The number of hydrogen-bond acceptors (Lipinski definition) is 3. The van der Waals surface area contributed by atoms with Crippen molar-refractivity contribution in [3.05, 3.63) is 24.3 Å². The van der Waals surface area contributed by atoms with Crippen LogP contribution in [0.15, 0.2) is 24.3 Å². The first-order valence-corrected chi connectivity index (χ1v) is 6.94. The normalized spacial score (nSPS) is 17.1. The van der Waals surface area contributed by atoms with Crippen molar-refractivity contribution < 1.29 is 9.59 Å². The molecule has 20 heavy (non-hydrogen) atoms. The van der Waals surface area contributed by atoms with Gasteiger partial charge < -0.3 is 16.4 Å². The molecule has 1 aliphatic rings. The van der Waals surface area contributed by atoms with E-state index in [2.05, 4.69) is 10.6 Å². The van der Waals surface area contributed by atoms with Crippen LogP contribution in [0.4, 0.5) is 11.4 Å². The zero-order valence-electron chi connectivity index (χ0n) is 11.8. The summed E-state index contributed by atoms with van der Waals surface area (Å²) in [7, 11) is 0. The molecule has 1 saturated carbocycles. The molecular formula is C15H21N3O2. The van der Waals surface area contributed by atoms with E-state index < -0.39 is 0 Å². The fourth-order valence-electron chi connectivity index (χ4n) is 1.76. The van der Waals surface area contributed by atoms with Gasteiger partial charge in [0.1, 0.15) is 0 Å². The fourth-order valence-corrected chi connectivity index (χ4v) is 1.76. The minimum Gasteiger partial charge on any atom is -0.327 e. The van der Waals surface area contributed by atoms with Gasteiger partial charge >= 0.3 is 0 Å². The van der Waals surface area contributed by atoms with E-state index in [0.29, 0.717) is 11.4 Å². The molecule has 5 heteroatoms. The number of benzene rings is 1. The fraction of sp³-hybridized carbons (Fsp3) is 0.467. The van der Waals surface area contributed by atoms with Crippen LogP contribution < -0.4 is 16.4 Å². The maximum Gasteiger partial charge on any atom is 0.228 e. The molecule has 5 nitrogen and oxygen atoms in total. The Morgan fingerprint density at radius 2 is 1.80 bits per heavy atom. The smallest absolute Gasteiger partial charge is 0.228 e. The van der Waals surface area contributed by atoms with Gasteiger partial charge in [0.05, 0.1) is 5.92 Å². The van der Waals surface area contributed by atoms with E-state index in [0.717, 1.165) is 12.8 Å². The van der Waals surface area contributed by atoms with Crippen LogP contribution in [0.1, 0.15) is 26.7 Å². The van der Waals surface area contributed by atoms with Gasteiger partial charge in [0.15, 0.2) is 0 Å². The molecule has 0 aliphatic heterocycles. The van der Waals surface area contributed by atoms with E-state index in [1.54, 1.807) is 32.0 Å². The first-order valence-electron chi connectivity index (χ1n) is 6.94. The molecule has 108 valence electrons. The molecule has 0 radical (unpaired) electrons. The molecule has 4 N–H and O–H groups in total. The quantitative estimate of drug-likeness (QED) is 0.768. The molecule has 2 rings (SSSR count). The van der Waals surface area contributed by atoms with Crippen LogP contribution in [0.3, 0.4) is 0 Å². The molecule has 0 heterocycles. The van der Waals surface area contributed by atoms with Gasteiger partial charge in [0.2, 0.25) is 11.8 Å². The lowest BCUT2D eigenvalue weighted by Gasteiger charge is -2.15. The maximum absolute atomic E-state index is 11.9. The monoisotopic (exact) mass is 275 g/mol. The Hall–Kier alpha value is -1.88. The maximum atomic E-state index is 11.9. The molecular weight excluding hydrogens is 254 g/mol. The number of amides is 2. The molecule has 0 saturated heterocycles. The lowest BCUT2D eigenvalue weighted by Crippen LogP contribution is -2.34. The van der Waals surface area contributed by atoms with Crippen molar-refractivity contribution in [3.63, 3.8) is 0 Å². The Bertz CT molecular complexity index is 510. The van der Waals surface area contributed by atoms with Crippen molar-refractivity contribution in [2.45, 2.75) is 32.7 Å². The molecule has 2 unspecified atom stereocenters. The van der Waals surface area contributed by atoms with Crippen LogP contribution in [0.5, 0.6) is 0 Å². The molecule has 1 aliphatic carbocycles. The summed E-state index contributed by atoms with van der Waals surface area (Å²) in [6.45, 7) is 3.59. The van der Waals surface area contributed by atoms with Crippen LogP contribution >= 0.6 is 0 Å². The molecule has 2 amide bonds. The van der Waals surface area contributed by atoms with Gasteiger partial charge in [-0.15, -0.1) is 0 Å². The number of carbonyl (C=O) groups is 2. The Balaban J connectivity index is 1.98. The molecule has 2 atom stereocenters. The van der Waals surface area contributed by atoms with Crippen LogP contribution in [0.25, 0.3) is 0 Å². The summed E-state index contributed by atoms with van der Waals surface area (Å²) in [6, 6.07) is 6.96. The molecule has 1 fully saturated rings. The minimum absolute atomic E-state index is 0.0532. The summed E-state index contributed by atoms with van der Waals surface area (Å²) in [5.74, 6) is -0.172. The van der Waals surface area contributed by atoms with Gasteiger partial charge in [-0.25, -0.2) is 0 Å². The summed E-state index contributed by atoms with van der Waals surface area (Å²) < 4.78 is 0. The number of carbonyl (C=O) groups excluding carboxylic acids is 2. The summed E-state index contributed by atoms with van der Waals surface area (Å²) in [5, 5.41) is 5.67. The highest BCUT2D eigenvalue weighted by molar-refractivity contribution is 5.96. The van der Waals surface area contributed by atoms with E-state index >= 15 is 0 Å². The third kappa shape index (κ3) is 3.81. The number of anilines is 2. The summed E-state index contributed by atoms with van der Waals surface area (Å²) in [5.41, 5.74) is 7.07. The number of nitrogens with two attached hydrogens (primary N) is 1. The van der Waals surface area contributed by atoms with Crippen molar-refractivity contribution in [1.82, 2.24) is 0 Å². The van der Waals surface area contributed by atoms with Crippen LogP contribution in [0, 0.1) is 11.8 Å². The molecule has 0 aromatic heterocycles. The summed E-state index contributed by atoms with van der Waals surface area (Å²) in [4.78, 5) is 23.6. The van der Waals surface area contributed by atoms with Gasteiger partial charge in [-0.05, 0) is 38.0 Å². The first kappa shape index (κ1) is 14.5. The summed E-state index contributed by atoms with van der Waals surface area (Å²) in [6.07, 6.45) is 1.93. The topological polar surface area (TPSA) is 84.2 Å². The Kier molecular flexibility index (Phi) is 4.39. The van der Waals surface area contributed by atoms with Crippen molar-refractivity contribution in [2.75, 3.05) is 10.6 Å². The predicted molar refractivity (Wildman–Crippen MR) is 79.2 cm³/mol. The van der Waals surface area contributed by atoms with Gasteiger partial charge in [0, 0.05) is 23.3 Å². The molecule has 1 aromatic carbocycles. The number of rotatable bonds is 5. The lowest BCUT2D eigenvalue weighted by molar-refractivity contribution is -0.120. The Labute approximate surface area is 118 Å². The van der Waals surface area contributed by atoms with Gasteiger partial charge in [0.25, 0.3) is 0 Å². The predicted octanol–water partition coefficient (Wildman–Crippen LogP) is 1.96. The first-order chi connectivity index (χ1) is 9.47. The van der Waals surface area contributed by atoms with Crippen LogP contribution in [-0.2, 0) is 9.59 Å². The van der Waals surface area contributed by atoms with Gasteiger partial charge in [-0.2, -0.15) is 0 Å². The Morgan fingerprint density at radius 3 is 2.35 bits per heavy atom. The highest BCUT2D eigenvalue weighted by Gasteiger charge is 2.29. The van der Waals surface area contributed by atoms with Crippen LogP contribution in [0.2, 0.25) is 0 Å². The van der Waals surface area contributed by atoms with E-state index in [1.165, 1.54) is 0 Å². The van der Waals surface area contributed by atoms with Crippen molar-refractivity contribution >= 4 is 23.2 Å². The minimum atomic E-state index is -0.264. The Morgan fingerprint density at radius 1 is 1.20 bits per heavy atom. The van der Waals surface area contributed by atoms with Crippen LogP contribution in [-0.4, -0.2) is 17.9 Å². The van der Waals surface area contributed by atoms with Crippen molar-refractivity contribution in [3.8, 4) is 0 Å². The SMILES string of the molecule is CC(N)C(C)C(=O)Nc1cccc(NC(=O)C2CC2)c1. The third-order valence-electron chi connectivity index (χ3n) is 3.55. The third-order valence-corrected chi connectivity index (χ3v) is 3.55. The highest BCUT2D eigenvalue weighted by Crippen LogP contribution is 2.30. The number of hydrogen-bond donors (Lipinski definition) is 3. The van der Waals surface area contributed by atoms with Gasteiger partial charge in [-0.3, -0.25) is 9.59 Å². The van der Waals surface area contributed by atoms with Gasteiger partial charge in [-0.1, -0.05) is 13.0 Å². The summed E-state index contributed by atoms with van der Waals surface area (Å²) >= 11 is 0. The second-order valence-corrected chi connectivity index (χ2v) is 5.48. The largest absolute Gasteiger partial charge is 0.327 e. The van der Waals surface area contributed by atoms with E-state index in [9.17, 15) is 9.59 Å².